The maximum atomic E-state index is 5.46. The zero-order chi connectivity index (χ0) is 15.5. The number of hydrogen-bond donors (Lipinski definition) is 0. The Morgan fingerprint density at radius 2 is 2.00 bits per heavy atom. The Balaban J connectivity index is 2.06. The van der Waals surface area contributed by atoms with Gasteiger partial charge in [-0.2, -0.15) is 9.78 Å². The van der Waals surface area contributed by atoms with Gasteiger partial charge in [-0.05, 0) is 62.8 Å². The largest absolute Gasteiger partial charge is 0.391 e. The normalized spacial score (nSPS) is 15.0. The predicted octanol–water partition coefficient (Wildman–Crippen LogP) is 3.55. The molecule has 116 valence electrons. The first kappa shape index (κ1) is 15.2. The average molecular weight is 363 g/mol. The third-order valence-corrected chi connectivity index (χ3v) is 4.31. The number of fused-ring (bicyclic) bond motifs is 1. The summed E-state index contributed by atoms with van der Waals surface area (Å²) in [5, 5.41) is 8.49. The van der Waals surface area contributed by atoms with Crippen LogP contribution in [0.1, 0.15) is 43.4 Å². The number of aryl methyl sites for hydroxylation is 2. The molecule has 0 radical (unpaired) electrons. The molecule has 0 bridgehead atoms. The quantitative estimate of drug-likeness (QED) is 0.476. The summed E-state index contributed by atoms with van der Waals surface area (Å²) in [6.45, 7) is 3.90. The van der Waals surface area contributed by atoms with Crippen LogP contribution in [0.15, 0.2) is 34.4 Å². The smallest absolute Gasteiger partial charge is 0.202 e. The molecule has 0 amide bonds. The lowest BCUT2D eigenvalue weighted by atomic mass is 9.90. The zero-order valence-electron chi connectivity index (χ0n) is 12.8. The number of hydrogen-bond acceptors (Lipinski definition) is 4. The molecule has 0 aliphatic heterocycles. The average Bonchev–Trinajstić information content (AvgIpc) is 3.01. The van der Waals surface area contributed by atoms with E-state index in [1.165, 1.54) is 30.3 Å². The molecule has 0 saturated carbocycles. The first-order valence-electron chi connectivity index (χ1n) is 7.55. The van der Waals surface area contributed by atoms with Crippen LogP contribution < -0.4 is 0 Å². The topological polar surface area (TPSA) is 52.3 Å². The van der Waals surface area contributed by atoms with E-state index in [9.17, 15) is 0 Å². The van der Waals surface area contributed by atoms with Crippen molar-refractivity contribution in [3.05, 3.63) is 46.0 Å². The third kappa shape index (κ3) is 3.21. The maximum Gasteiger partial charge on any atom is 0.202 e. The van der Waals surface area contributed by atoms with Gasteiger partial charge in [0.05, 0.1) is 0 Å². The minimum Gasteiger partial charge on any atom is -0.391 e. The Bertz CT molecular complexity index is 680. The molecule has 5 nitrogen and oxygen atoms in total. The van der Waals surface area contributed by atoms with Crippen LogP contribution in [-0.2, 0) is 17.7 Å². The van der Waals surface area contributed by atoms with Gasteiger partial charge in [-0.3, -0.25) is 0 Å². The second-order valence-corrected chi connectivity index (χ2v) is 6.57. The van der Waals surface area contributed by atoms with E-state index in [1.54, 1.807) is 11.0 Å². The molecule has 0 spiro atoms. The molecule has 1 aliphatic carbocycles. The molecule has 2 aromatic rings. The van der Waals surface area contributed by atoms with E-state index in [1.807, 2.05) is 13.8 Å². The number of halogens is 1. The molecular formula is C16H19BrN4O. The molecule has 6 heteroatoms. The Hall–Kier alpha value is -1.69. The first-order valence-corrected chi connectivity index (χ1v) is 8.35. The van der Waals surface area contributed by atoms with Crippen molar-refractivity contribution in [2.24, 2.45) is 5.16 Å². The predicted molar refractivity (Wildman–Crippen MR) is 89.0 cm³/mol. The Kier molecular flexibility index (Phi) is 4.57. The molecular weight excluding hydrogens is 344 g/mol. The Morgan fingerprint density at radius 3 is 2.64 bits per heavy atom. The van der Waals surface area contributed by atoms with Crippen LogP contribution in [0, 0.1) is 0 Å². The fourth-order valence-electron chi connectivity index (χ4n) is 2.61. The van der Waals surface area contributed by atoms with Crippen molar-refractivity contribution in [2.75, 3.05) is 0 Å². The van der Waals surface area contributed by atoms with Gasteiger partial charge in [0.25, 0.3) is 0 Å². The van der Waals surface area contributed by atoms with Crippen LogP contribution in [-0.4, -0.2) is 26.7 Å². The van der Waals surface area contributed by atoms with Crippen LogP contribution in [0.5, 0.6) is 0 Å². The van der Waals surface area contributed by atoms with Gasteiger partial charge >= 0.3 is 0 Å². The van der Waals surface area contributed by atoms with Gasteiger partial charge in [0.2, 0.25) is 5.84 Å². The molecule has 0 N–H and O–H groups in total. The van der Waals surface area contributed by atoms with Gasteiger partial charge in [0.15, 0.2) is 0 Å². The molecule has 22 heavy (non-hydrogen) atoms. The summed E-state index contributed by atoms with van der Waals surface area (Å²) in [6.07, 6.45) is 7.91. The molecule has 1 heterocycles. The van der Waals surface area contributed by atoms with Gasteiger partial charge in [0, 0.05) is 10.0 Å². The fourth-order valence-corrected chi connectivity index (χ4v) is 3.18. The van der Waals surface area contributed by atoms with Crippen LogP contribution in [0.4, 0.5) is 0 Å². The standard InChI is InChI=1S/C16H19BrN4O/c1-11(2)22-20-16(21-10-18-9-19-21)14-7-12-5-3-4-6-13(12)8-15(14)17/h7-11H,3-6H2,1-2H3/b20-16-. The molecule has 1 aromatic heterocycles. The zero-order valence-corrected chi connectivity index (χ0v) is 14.4. The van der Waals surface area contributed by atoms with Crippen molar-refractivity contribution >= 4 is 21.8 Å². The van der Waals surface area contributed by atoms with E-state index in [0.29, 0.717) is 5.84 Å². The van der Waals surface area contributed by atoms with Crippen molar-refractivity contribution in [2.45, 2.75) is 45.6 Å². The van der Waals surface area contributed by atoms with E-state index < -0.39 is 0 Å². The van der Waals surface area contributed by atoms with Crippen LogP contribution in [0.2, 0.25) is 0 Å². The summed E-state index contributed by atoms with van der Waals surface area (Å²) in [7, 11) is 0. The van der Waals surface area contributed by atoms with E-state index in [2.05, 4.69) is 43.3 Å². The minimum absolute atomic E-state index is 0.00919. The summed E-state index contributed by atoms with van der Waals surface area (Å²) in [5.74, 6) is 0.645. The van der Waals surface area contributed by atoms with Crippen molar-refractivity contribution < 1.29 is 4.84 Å². The highest BCUT2D eigenvalue weighted by molar-refractivity contribution is 9.10. The highest BCUT2D eigenvalue weighted by Crippen LogP contribution is 2.28. The molecule has 0 atom stereocenters. The van der Waals surface area contributed by atoms with E-state index in [4.69, 9.17) is 4.84 Å². The number of oxime groups is 1. The SMILES string of the molecule is CC(C)O/N=C(/c1cc2c(cc1Br)CCCC2)n1cncn1. The molecule has 3 rings (SSSR count). The first-order chi connectivity index (χ1) is 10.6. The minimum atomic E-state index is 0.00919. The van der Waals surface area contributed by atoms with E-state index >= 15 is 0 Å². The maximum absolute atomic E-state index is 5.46. The van der Waals surface area contributed by atoms with Gasteiger partial charge in [0.1, 0.15) is 18.8 Å². The lowest BCUT2D eigenvalue weighted by Crippen LogP contribution is -2.18. The van der Waals surface area contributed by atoms with Crippen LogP contribution >= 0.6 is 15.9 Å². The van der Waals surface area contributed by atoms with Crippen molar-refractivity contribution in [1.29, 1.82) is 0 Å². The molecule has 0 saturated heterocycles. The highest BCUT2D eigenvalue weighted by atomic mass is 79.9. The summed E-state index contributed by atoms with van der Waals surface area (Å²) in [4.78, 5) is 9.47. The van der Waals surface area contributed by atoms with Crippen molar-refractivity contribution in [3.63, 3.8) is 0 Å². The van der Waals surface area contributed by atoms with Gasteiger partial charge in [-0.25, -0.2) is 4.98 Å². The van der Waals surface area contributed by atoms with Crippen molar-refractivity contribution in [1.82, 2.24) is 14.8 Å². The second kappa shape index (κ2) is 6.60. The van der Waals surface area contributed by atoms with Crippen LogP contribution in [0.25, 0.3) is 0 Å². The lowest BCUT2D eigenvalue weighted by molar-refractivity contribution is 0.0851. The number of benzene rings is 1. The van der Waals surface area contributed by atoms with Crippen molar-refractivity contribution in [3.8, 4) is 0 Å². The molecule has 0 unspecified atom stereocenters. The molecule has 1 aromatic carbocycles. The van der Waals surface area contributed by atoms with Gasteiger partial charge in [-0.15, -0.1) is 0 Å². The van der Waals surface area contributed by atoms with Gasteiger partial charge < -0.3 is 4.84 Å². The summed E-state index contributed by atoms with van der Waals surface area (Å²) < 4.78 is 2.65. The Labute approximate surface area is 138 Å². The summed E-state index contributed by atoms with van der Waals surface area (Å²) >= 11 is 3.67. The van der Waals surface area contributed by atoms with E-state index in [0.717, 1.165) is 22.9 Å². The summed E-state index contributed by atoms with van der Waals surface area (Å²) in [6, 6.07) is 4.40. The second-order valence-electron chi connectivity index (χ2n) is 5.72. The lowest BCUT2D eigenvalue weighted by Gasteiger charge is -2.18. The van der Waals surface area contributed by atoms with Crippen LogP contribution in [0.3, 0.4) is 0 Å². The number of nitrogens with zero attached hydrogens (tertiary/aromatic N) is 4. The number of rotatable bonds is 3. The third-order valence-electron chi connectivity index (χ3n) is 3.66. The molecule has 1 aliphatic rings. The number of aromatic nitrogens is 3. The Morgan fingerprint density at radius 1 is 1.27 bits per heavy atom. The monoisotopic (exact) mass is 362 g/mol. The molecule has 0 fully saturated rings. The highest BCUT2D eigenvalue weighted by Gasteiger charge is 2.18. The summed E-state index contributed by atoms with van der Waals surface area (Å²) in [5.41, 5.74) is 3.79. The van der Waals surface area contributed by atoms with Gasteiger partial charge in [-0.1, -0.05) is 21.1 Å². The van der Waals surface area contributed by atoms with E-state index in [-0.39, 0.29) is 6.10 Å². The fraction of sp³-hybridized carbons (Fsp3) is 0.438.